The van der Waals surface area contributed by atoms with Gasteiger partial charge in [-0.3, -0.25) is 9.52 Å². The Balaban J connectivity index is 1.37. The quantitative estimate of drug-likeness (QED) is 0.560. The second-order valence-corrected chi connectivity index (χ2v) is 11.5. The van der Waals surface area contributed by atoms with Crippen LogP contribution in [0.3, 0.4) is 0 Å². The van der Waals surface area contributed by atoms with E-state index < -0.39 is 10.0 Å². The Morgan fingerprint density at radius 3 is 2.41 bits per heavy atom. The first-order valence-corrected chi connectivity index (χ1v) is 13.8. The van der Waals surface area contributed by atoms with Crippen molar-refractivity contribution in [3.8, 4) is 5.75 Å². The number of anilines is 3. The Bertz CT molecular complexity index is 1140. The summed E-state index contributed by atoms with van der Waals surface area (Å²) in [7, 11) is -2.30. The minimum Gasteiger partial charge on any atom is -0.497 e. The number of hydrogen-bond donors (Lipinski definition) is 2. The molecule has 182 valence electrons. The molecule has 0 aromatic heterocycles. The highest BCUT2D eigenvalue weighted by Gasteiger charge is 2.40. The molecule has 0 spiro atoms. The van der Waals surface area contributed by atoms with Crippen LogP contribution in [0.2, 0.25) is 0 Å². The molecule has 1 aliphatic heterocycles. The average Bonchev–Trinajstić information content (AvgIpc) is 3.58. The monoisotopic (exact) mass is 483 g/mol. The fourth-order valence-corrected chi connectivity index (χ4v) is 7.28. The molecule has 2 saturated carbocycles. The lowest BCUT2D eigenvalue weighted by Gasteiger charge is -2.23. The van der Waals surface area contributed by atoms with Gasteiger partial charge in [0.15, 0.2) is 0 Å². The minimum absolute atomic E-state index is 0.0297. The van der Waals surface area contributed by atoms with Crippen LogP contribution < -0.4 is 19.7 Å². The maximum absolute atomic E-state index is 13.5. The number of ether oxygens (including phenoxy) is 1. The summed E-state index contributed by atoms with van der Waals surface area (Å²) in [5.41, 5.74) is 1.65. The van der Waals surface area contributed by atoms with Crippen LogP contribution in [0.15, 0.2) is 47.4 Å². The maximum atomic E-state index is 13.5. The van der Waals surface area contributed by atoms with Gasteiger partial charge in [0, 0.05) is 30.9 Å². The van der Waals surface area contributed by atoms with Crippen LogP contribution in [-0.2, 0) is 14.8 Å². The zero-order valence-electron chi connectivity index (χ0n) is 19.6. The van der Waals surface area contributed by atoms with Gasteiger partial charge in [0.25, 0.3) is 10.0 Å². The summed E-state index contributed by atoms with van der Waals surface area (Å²) in [5.74, 6) is 2.56. The number of hydrogen-bond acceptors (Lipinski definition) is 5. The van der Waals surface area contributed by atoms with E-state index in [0.717, 1.165) is 38.3 Å². The molecule has 0 radical (unpaired) electrons. The van der Waals surface area contributed by atoms with Crippen LogP contribution >= 0.6 is 0 Å². The van der Waals surface area contributed by atoms with E-state index in [-0.39, 0.29) is 10.8 Å². The van der Waals surface area contributed by atoms with Crippen molar-refractivity contribution >= 4 is 33.0 Å². The maximum Gasteiger partial charge on any atom is 0.264 e. The number of benzene rings is 2. The molecule has 2 aromatic carbocycles. The van der Waals surface area contributed by atoms with Crippen molar-refractivity contribution in [1.29, 1.82) is 0 Å². The molecule has 0 unspecified atom stereocenters. The molecular formula is C26H33N3O4S. The molecule has 3 atom stereocenters. The summed E-state index contributed by atoms with van der Waals surface area (Å²) in [6, 6.07) is 12.0. The number of carbonyl (C=O) groups excluding carboxylic acids is 1. The van der Waals surface area contributed by atoms with Crippen molar-refractivity contribution < 1.29 is 17.9 Å². The fraction of sp³-hybridized carbons (Fsp3) is 0.500. The Morgan fingerprint density at radius 2 is 1.76 bits per heavy atom. The molecular weight excluding hydrogens is 450 g/mol. The van der Waals surface area contributed by atoms with Crippen LogP contribution in [0.1, 0.15) is 44.9 Å². The molecule has 1 saturated heterocycles. The molecule has 5 rings (SSSR count). The standard InChI is InChI=1S/C26H33N3O4S/c1-33-23-9-6-21(7-10-23)28-34(31,32)25-17-22(8-11-24(25)29-12-2-3-13-29)27-26(30)16-20-15-18-4-5-19(20)14-18/h6-11,17-20,28H,2-5,12-16H2,1H3,(H,27,30)/t18-,19-,20+/m0/s1. The van der Waals surface area contributed by atoms with E-state index in [2.05, 4.69) is 14.9 Å². The minimum atomic E-state index is -3.87. The number of methoxy groups -OCH3 is 1. The first-order valence-electron chi connectivity index (χ1n) is 12.3. The molecule has 2 N–H and O–H groups in total. The number of sulfonamides is 1. The van der Waals surface area contributed by atoms with Gasteiger partial charge in [-0.05, 0) is 92.3 Å². The SMILES string of the molecule is COc1ccc(NS(=O)(=O)c2cc(NC(=O)C[C@H]3C[C@H]4CC[C@H]3C4)ccc2N2CCCC2)cc1. The number of carbonyl (C=O) groups is 1. The number of amides is 1. The third kappa shape index (κ3) is 4.87. The normalized spacial score (nSPS) is 23.8. The van der Waals surface area contributed by atoms with E-state index >= 15 is 0 Å². The zero-order chi connectivity index (χ0) is 23.7. The van der Waals surface area contributed by atoms with Gasteiger partial charge in [0.2, 0.25) is 5.91 Å². The van der Waals surface area contributed by atoms with E-state index in [0.29, 0.717) is 41.1 Å². The molecule has 2 aliphatic carbocycles. The third-order valence-electron chi connectivity index (χ3n) is 7.65. The smallest absolute Gasteiger partial charge is 0.264 e. The van der Waals surface area contributed by atoms with Crippen molar-refractivity contribution in [3.05, 3.63) is 42.5 Å². The van der Waals surface area contributed by atoms with Gasteiger partial charge in [-0.25, -0.2) is 8.42 Å². The Labute approximate surface area is 201 Å². The molecule has 8 heteroatoms. The van der Waals surface area contributed by atoms with E-state index in [1.54, 1.807) is 37.4 Å². The van der Waals surface area contributed by atoms with Crippen molar-refractivity contribution in [2.24, 2.45) is 17.8 Å². The molecule has 3 aliphatic rings. The second-order valence-electron chi connectivity index (χ2n) is 9.90. The molecule has 1 amide bonds. The Hall–Kier alpha value is -2.74. The van der Waals surface area contributed by atoms with Crippen LogP contribution in [-0.4, -0.2) is 34.5 Å². The summed E-state index contributed by atoms with van der Waals surface area (Å²) in [6.45, 7) is 1.64. The van der Waals surface area contributed by atoms with Crippen LogP contribution in [0.25, 0.3) is 0 Å². The number of nitrogens with one attached hydrogen (secondary N) is 2. The Morgan fingerprint density at radius 1 is 1.03 bits per heavy atom. The van der Waals surface area contributed by atoms with Gasteiger partial charge >= 0.3 is 0 Å². The average molecular weight is 484 g/mol. The van der Waals surface area contributed by atoms with Crippen molar-refractivity contribution in [3.63, 3.8) is 0 Å². The molecule has 2 aromatic rings. The molecule has 3 fully saturated rings. The van der Waals surface area contributed by atoms with Gasteiger partial charge in [0.1, 0.15) is 10.6 Å². The highest BCUT2D eigenvalue weighted by atomic mass is 32.2. The van der Waals surface area contributed by atoms with Crippen LogP contribution in [0, 0.1) is 17.8 Å². The predicted molar refractivity (Wildman–Crippen MR) is 134 cm³/mol. The first-order chi connectivity index (χ1) is 16.4. The molecule has 7 nitrogen and oxygen atoms in total. The van der Waals surface area contributed by atoms with Gasteiger partial charge in [0.05, 0.1) is 12.8 Å². The highest BCUT2D eigenvalue weighted by molar-refractivity contribution is 7.92. The van der Waals surface area contributed by atoms with Crippen LogP contribution in [0.5, 0.6) is 5.75 Å². The lowest BCUT2D eigenvalue weighted by molar-refractivity contribution is -0.117. The Kier molecular flexibility index (Phi) is 6.42. The van der Waals surface area contributed by atoms with E-state index in [1.807, 2.05) is 12.1 Å². The third-order valence-corrected chi connectivity index (χ3v) is 9.06. The van der Waals surface area contributed by atoms with E-state index in [9.17, 15) is 13.2 Å². The van der Waals surface area contributed by atoms with Crippen molar-refractivity contribution in [1.82, 2.24) is 0 Å². The largest absolute Gasteiger partial charge is 0.497 e. The van der Waals surface area contributed by atoms with E-state index in [1.165, 1.54) is 19.3 Å². The lowest BCUT2D eigenvalue weighted by Crippen LogP contribution is -2.24. The van der Waals surface area contributed by atoms with E-state index in [4.69, 9.17) is 4.74 Å². The summed E-state index contributed by atoms with van der Waals surface area (Å²) < 4.78 is 34.8. The van der Waals surface area contributed by atoms with Gasteiger partial charge in [-0.2, -0.15) is 0 Å². The fourth-order valence-electron chi connectivity index (χ4n) is 5.97. The summed E-state index contributed by atoms with van der Waals surface area (Å²) in [4.78, 5) is 15.1. The van der Waals surface area contributed by atoms with Gasteiger partial charge in [-0.15, -0.1) is 0 Å². The summed E-state index contributed by atoms with van der Waals surface area (Å²) in [6.07, 6.45) is 7.55. The van der Waals surface area contributed by atoms with Gasteiger partial charge < -0.3 is 15.0 Å². The zero-order valence-corrected chi connectivity index (χ0v) is 20.4. The number of nitrogens with zero attached hydrogens (tertiary/aromatic N) is 1. The highest BCUT2D eigenvalue weighted by Crippen LogP contribution is 2.49. The van der Waals surface area contributed by atoms with Crippen LogP contribution in [0.4, 0.5) is 17.1 Å². The summed E-state index contributed by atoms with van der Waals surface area (Å²) in [5, 5.41) is 2.97. The topological polar surface area (TPSA) is 87.7 Å². The molecule has 2 bridgehead atoms. The number of rotatable bonds is 8. The van der Waals surface area contributed by atoms with Crippen molar-refractivity contribution in [2.45, 2.75) is 49.8 Å². The predicted octanol–water partition coefficient (Wildman–Crippen LogP) is 4.86. The summed E-state index contributed by atoms with van der Waals surface area (Å²) >= 11 is 0. The molecule has 34 heavy (non-hydrogen) atoms. The van der Waals surface area contributed by atoms with Gasteiger partial charge in [-0.1, -0.05) is 6.42 Å². The first kappa shape index (κ1) is 23.0. The lowest BCUT2D eigenvalue weighted by atomic mass is 9.86. The van der Waals surface area contributed by atoms with Crippen molar-refractivity contribution in [2.75, 3.05) is 35.1 Å². The molecule has 1 heterocycles. The number of fused-ring (bicyclic) bond motifs is 2. The second kappa shape index (κ2) is 9.49.